The number of pyridine rings is 1. The van der Waals surface area contributed by atoms with Crippen molar-refractivity contribution in [1.82, 2.24) is 4.57 Å². The van der Waals surface area contributed by atoms with E-state index in [1.165, 1.54) is 5.56 Å². The minimum atomic E-state index is -1.40. The number of carboxylic acid groups (broad SMARTS) is 1. The maximum atomic E-state index is 14.5. The van der Waals surface area contributed by atoms with Gasteiger partial charge in [-0.15, -0.1) is 0 Å². The Morgan fingerprint density at radius 2 is 1.68 bits per heavy atom. The molecule has 0 amide bonds. The third kappa shape index (κ3) is 6.04. The normalized spacial score (nSPS) is 12.3. The number of fused-ring (bicyclic) bond motifs is 4. The average Bonchev–Trinajstić information content (AvgIpc) is 3.23. The van der Waals surface area contributed by atoms with E-state index in [1.807, 2.05) is 60.6 Å². The van der Waals surface area contributed by atoms with Crippen LogP contribution in [0.2, 0.25) is 0 Å². The Morgan fingerprint density at radius 3 is 2.27 bits per heavy atom. The van der Waals surface area contributed by atoms with Crippen LogP contribution in [0.25, 0.3) is 22.0 Å². The first-order chi connectivity index (χ1) is 17.6. The number of nitrogens with zero attached hydrogens (tertiary/aromatic N) is 1. The van der Waals surface area contributed by atoms with E-state index in [9.17, 15) is 14.0 Å². The molecule has 0 atom stereocenters. The standard InChI is InChI=1S/C23H20FNO4.C3H9N.2C2H6/c1-11-6-20-16-7-13-8-19(24)12(2)14-4-3-5-15(21(13)14)17(16)9-25(20)22(26)18(11)10-29-23(27)28;1-3(2)4;2*1-2/h6-8H,3-5,9-10H2,1-2H3,(H,27,28);3H,4H2,1-2H3;2*1-2H3. The van der Waals surface area contributed by atoms with Gasteiger partial charge in [0.25, 0.3) is 5.56 Å². The van der Waals surface area contributed by atoms with Crippen molar-refractivity contribution in [3.05, 3.63) is 67.8 Å². The molecule has 3 N–H and O–H groups in total. The zero-order valence-corrected chi connectivity index (χ0v) is 23.4. The highest BCUT2D eigenvalue weighted by molar-refractivity contribution is 5.96. The van der Waals surface area contributed by atoms with Gasteiger partial charge in [-0.1, -0.05) is 41.5 Å². The molecule has 0 saturated heterocycles. The Bertz CT molecular complexity index is 1340. The van der Waals surface area contributed by atoms with Crippen LogP contribution in [-0.4, -0.2) is 21.9 Å². The Balaban J connectivity index is 0.000000541. The number of rotatable bonds is 2. The van der Waals surface area contributed by atoms with E-state index >= 15 is 0 Å². The molecule has 2 heterocycles. The first-order valence-electron chi connectivity index (χ1n) is 13.2. The lowest BCUT2D eigenvalue weighted by molar-refractivity contribution is 0.0848. The minimum Gasteiger partial charge on any atom is -0.450 e. The van der Waals surface area contributed by atoms with Crippen molar-refractivity contribution in [1.29, 1.82) is 0 Å². The maximum absolute atomic E-state index is 14.5. The zero-order chi connectivity index (χ0) is 28.0. The molecule has 202 valence electrons. The molecule has 5 rings (SSSR count). The van der Waals surface area contributed by atoms with Gasteiger partial charge in [-0.3, -0.25) is 4.79 Å². The predicted octanol–water partition coefficient (Wildman–Crippen LogP) is 6.88. The summed E-state index contributed by atoms with van der Waals surface area (Å²) in [6.07, 6.45) is 1.34. The molecule has 2 aliphatic rings. The van der Waals surface area contributed by atoms with Gasteiger partial charge in [-0.05, 0) is 95.9 Å². The van der Waals surface area contributed by atoms with Crippen molar-refractivity contribution in [3.63, 3.8) is 0 Å². The third-order valence-electron chi connectivity index (χ3n) is 6.38. The number of aromatic nitrogens is 1. The van der Waals surface area contributed by atoms with Crippen LogP contribution in [0.5, 0.6) is 0 Å². The van der Waals surface area contributed by atoms with Crippen LogP contribution < -0.4 is 11.3 Å². The fourth-order valence-corrected chi connectivity index (χ4v) is 4.95. The van der Waals surface area contributed by atoms with Gasteiger partial charge in [0.2, 0.25) is 0 Å². The van der Waals surface area contributed by atoms with E-state index in [0.29, 0.717) is 23.7 Å². The summed E-state index contributed by atoms with van der Waals surface area (Å²) < 4.78 is 20.8. The summed E-state index contributed by atoms with van der Waals surface area (Å²) in [5, 5.41) is 10.8. The molecular weight excluding hydrogens is 471 g/mol. The van der Waals surface area contributed by atoms with Crippen LogP contribution >= 0.6 is 0 Å². The van der Waals surface area contributed by atoms with E-state index in [4.69, 9.17) is 10.8 Å². The third-order valence-corrected chi connectivity index (χ3v) is 6.38. The minimum absolute atomic E-state index is 0.187. The number of hydrogen-bond donors (Lipinski definition) is 2. The number of carbonyl (C=O) groups is 1. The molecule has 1 aliphatic carbocycles. The highest BCUT2D eigenvalue weighted by atomic mass is 19.1. The Labute approximate surface area is 219 Å². The molecule has 0 radical (unpaired) electrons. The van der Waals surface area contributed by atoms with Crippen molar-refractivity contribution < 1.29 is 19.0 Å². The molecule has 0 unspecified atom stereocenters. The summed E-state index contributed by atoms with van der Waals surface area (Å²) in [6.45, 7) is 15.7. The molecule has 0 fully saturated rings. The molecule has 2 aromatic carbocycles. The van der Waals surface area contributed by atoms with Crippen molar-refractivity contribution >= 4 is 16.9 Å². The molecule has 37 heavy (non-hydrogen) atoms. The van der Waals surface area contributed by atoms with Gasteiger partial charge in [0.1, 0.15) is 12.4 Å². The van der Waals surface area contributed by atoms with Crippen molar-refractivity contribution in [2.24, 2.45) is 5.73 Å². The SMILES string of the molecule is CC.CC.CC(C)N.Cc1cc2n(c(=O)c1COC(=O)O)Cc1c-2cc2cc(F)c(C)c3c2c1CCC3. The van der Waals surface area contributed by atoms with Gasteiger partial charge >= 0.3 is 6.16 Å². The second-order valence-electron chi connectivity index (χ2n) is 9.18. The summed E-state index contributed by atoms with van der Waals surface area (Å²) in [5.74, 6) is -0.187. The lowest BCUT2D eigenvalue weighted by Gasteiger charge is -2.22. The van der Waals surface area contributed by atoms with Crippen molar-refractivity contribution in [2.45, 2.75) is 93.8 Å². The van der Waals surface area contributed by atoms with Gasteiger partial charge in [0, 0.05) is 5.56 Å². The lowest BCUT2D eigenvalue weighted by atomic mass is 9.82. The topological polar surface area (TPSA) is 94.5 Å². The first-order valence-corrected chi connectivity index (χ1v) is 13.2. The fourth-order valence-electron chi connectivity index (χ4n) is 4.95. The quantitative estimate of drug-likeness (QED) is 0.286. The number of hydrogen-bond acceptors (Lipinski definition) is 4. The monoisotopic (exact) mass is 512 g/mol. The Morgan fingerprint density at radius 1 is 1.08 bits per heavy atom. The number of halogens is 1. The summed E-state index contributed by atoms with van der Waals surface area (Å²) in [7, 11) is 0. The molecule has 1 aromatic heterocycles. The highest BCUT2D eigenvalue weighted by Gasteiger charge is 2.29. The largest absolute Gasteiger partial charge is 0.506 e. The van der Waals surface area contributed by atoms with Crippen LogP contribution in [0, 0.1) is 19.7 Å². The average molecular weight is 513 g/mol. The van der Waals surface area contributed by atoms with Gasteiger partial charge in [-0.2, -0.15) is 0 Å². The number of nitrogens with two attached hydrogens (primary N) is 1. The molecule has 0 bridgehead atoms. The van der Waals surface area contributed by atoms with E-state index < -0.39 is 6.16 Å². The maximum Gasteiger partial charge on any atom is 0.506 e. The first kappa shape index (κ1) is 30.0. The molecular formula is C30H41FN2O4. The highest BCUT2D eigenvalue weighted by Crippen LogP contribution is 2.42. The second kappa shape index (κ2) is 12.9. The number of benzene rings is 2. The van der Waals surface area contributed by atoms with E-state index in [1.54, 1.807) is 17.6 Å². The lowest BCUT2D eigenvalue weighted by Crippen LogP contribution is -2.25. The van der Waals surface area contributed by atoms with Gasteiger partial charge < -0.3 is 20.1 Å². The summed E-state index contributed by atoms with van der Waals surface area (Å²) >= 11 is 0. The fraction of sp³-hybridized carbons (Fsp3) is 0.467. The van der Waals surface area contributed by atoms with Gasteiger partial charge in [-0.25, -0.2) is 9.18 Å². The van der Waals surface area contributed by atoms with Gasteiger partial charge in [0.05, 0.1) is 17.8 Å². The summed E-state index contributed by atoms with van der Waals surface area (Å²) in [4.78, 5) is 23.8. The Kier molecular flexibility index (Phi) is 10.4. The van der Waals surface area contributed by atoms with E-state index in [0.717, 1.165) is 58.0 Å². The van der Waals surface area contributed by atoms with Crippen LogP contribution in [0.1, 0.15) is 81.3 Å². The molecule has 1 aliphatic heterocycles. The van der Waals surface area contributed by atoms with Gasteiger partial charge in [0.15, 0.2) is 0 Å². The van der Waals surface area contributed by atoms with E-state index in [2.05, 4.69) is 4.74 Å². The molecule has 0 spiro atoms. The van der Waals surface area contributed by atoms with Crippen LogP contribution in [0.3, 0.4) is 0 Å². The van der Waals surface area contributed by atoms with Crippen molar-refractivity contribution in [2.75, 3.05) is 0 Å². The summed E-state index contributed by atoms with van der Waals surface area (Å²) in [5.41, 5.74) is 11.8. The van der Waals surface area contributed by atoms with E-state index in [-0.39, 0.29) is 18.0 Å². The smallest absolute Gasteiger partial charge is 0.450 e. The molecule has 7 heteroatoms. The zero-order valence-electron chi connectivity index (χ0n) is 23.4. The Hall–Kier alpha value is -3.19. The van der Waals surface area contributed by atoms with Crippen LogP contribution in [-0.2, 0) is 30.7 Å². The second-order valence-corrected chi connectivity index (χ2v) is 9.18. The predicted molar refractivity (Wildman–Crippen MR) is 149 cm³/mol. The van der Waals surface area contributed by atoms with Crippen LogP contribution in [0.4, 0.5) is 9.18 Å². The number of aryl methyl sites for hydroxylation is 3. The molecule has 3 aromatic rings. The molecule has 6 nitrogen and oxygen atoms in total. The molecule has 0 saturated carbocycles. The van der Waals surface area contributed by atoms with Crippen LogP contribution in [0.15, 0.2) is 23.0 Å². The van der Waals surface area contributed by atoms with Crippen molar-refractivity contribution in [3.8, 4) is 11.3 Å². The summed E-state index contributed by atoms with van der Waals surface area (Å²) in [6, 6.07) is 5.84. The number of ether oxygens (including phenoxy) is 1.